The molecule has 0 aliphatic carbocycles. The van der Waals surface area contributed by atoms with Crippen molar-refractivity contribution in [2.24, 2.45) is 0 Å². The first-order valence-electron chi connectivity index (χ1n) is 29.9. The van der Waals surface area contributed by atoms with Crippen LogP contribution in [0.2, 0.25) is 0 Å². The van der Waals surface area contributed by atoms with Crippen LogP contribution in [-0.2, 0) is 28.6 Å². The summed E-state index contributed by atoms with van der Waals surface area (Å²) in [5.41, 5.74) is 0. The minimum atomic E-state index is -0.793. The molecule has 0 saturated carbocycles. The van der Waals surface area contributed by atoms with Crippen LogP contribution in [0, 0.1) is 0 Å². The third-order valence-corrected chi connectivity index (χ3v) is 12.5. The van der Waals surface area contributed by atoms with Crippen LogP contribution < -0.4 is 0 Å². The van der Waals surface area contributed by atoms with E-state index in [1.165, 1.54) is 103 Å². The molecule has 1 atom stereocenters. The van der Waals surface area contributed by atoms with E-state index in [4.69, 9.17) is 14.2 Å². The summed E-state index contributed by atoms with van der Waals surface area (Å²) in [4.78, 5) is 38.2. The number of carbonyl (C=O) groups is 3. The molecule has 6 nitrogen and oxygen atoms in total. The van der Waals surface area contributed by atoms with Crippen molar-refractivity contribution in [3.05, 3.63) is 109 Å². The van der Waals surface area contributed by atoms with Crippen LogP contribution in [-0.4, -0.2) is 37.2 Å². The first-order valence-corrected chi connectivity index (χ1v) is 29.9. The van der Waals surface area contributed by atoms with Crippen LogP contribution in [0.5, 0.6) is 0 Å². The zero-order valence-corrected chi connectivity index (χ0v) is 46.9. The molecular weight excluding hydrogens is 889 g/mol. The summed E-state index contributed by atoms with van der Waals surface area (Å²) >= 11 is 0. The van der Waals surface area contributed by atoms with Gasteiger partial charge in [0.25, 0.3) is 0 Å². The van der Waals surface area contributed by atoms with Crippen molar-refractivity contribution in [2.75, 3.05) is 13.2 Å². The maximum absolute atomic E-state index is 12.8. The monoisotopic (exact) mass is 999 g/mol. The van der Waals surface area contributed by atoms with Gasteiger partial charge in [-0.2, -0.15) is 0 Å². The van der Waals surface area contributed by atoms with Crippen molar-refractivity contribution in [3.63, 3.8) is 0 Å². The van der Waals surface area contributed by atoms with Gasteiger partial charge in [-0.3, -0.25) is 14.4 Å². The molecule has 410 valence electrons. The second kappa shape index (κ2) is 59.6. The normalized spacial score (nSPS) is 12.9. The standard InChI is InChI=1S/C66H110O6/c1-4-7-10-13-16-19-22-25-27-28-29-30-31-32-33-34-35-36-37-38-39-42-44-47-50-53-56-59-65(68)71-62-63(61-70-64(67)58-55-52-49-46-43-40-24-21-18-15-12-9-6-3)72-66(69)60-57-54-51-48-45-41-26-23-20-17-14-11-8-5-2/h7,9-10,12,16,18-19,21,25,27,29-30,32-33,35-36,40,43,63H,4-6,8,11,13-15,17,20,22-24,26,28,31,34,37-39,41-42,44-62H2,1-3H3/b10-7-,12-9-,19-16-,21-18-,27-25-,30-29-,33-32-,36-35-,43-40-. The minimum Gasteiger partial charge on any atom is -0.462 e. The number of rotatable bonds is 53. The average molecular weight is 1000 g/mol. The van der Waals surface area contributed by atoms with E-state index in [1.807, 2.05) is 0 Å². The van der Waals surface area contributed by atoms with E-state index in [2.05, 4.69) is 130 Å². The van der Waals surface area contributed by atoms with E-state index in [0.717, 1.165) is 128 Å². The lowest BCUT2D eigenvalue weighted by Crippen LogP contribution is -2.30. The summed E-state index contributed by atoms with van der Waals surface area (Å²) in [5.74, 6) is -0.924. The fourth-order valence-electron chi connectivity index (χ4n) is 8.11. The lowest BCUT2D eigenvalue weighted by atomic mass is 10.0. The van der Waals surface area contributed by atoms with E-state index >= 15 is 0 Å². The molecule has 0 aromatic rings. The number of hydrogen-bond donors (Lipinski definition) is 0. The van der Waals surface area contributed by atoms with Crippen molar-refractivity contribution in [3.8, 4) is 0 Å². The highest BCUT2D eigenvalue weighted by Gasteiger charge is 2.19. The van der Waals surface area contributed by atoms with Crippen LogP contribution in [0.25, 0.3) is 0 Å². The molecular formula is C66H110O6. The van der Waals surface area contributed by atoms with Gasteiger partial charge in [-0.25, -0.2) is 0 Å². The quantitative estimate of drug-likeness (QED) is 0.0261. The molecule has 1 unspecified atom stereocenters. The number of ether oxygens (including phenoxy) is 3. The molecule has 0 heterocycles. The van der Waals surface area contributed by atoms with Crippen molar-refractivity contribution < 1.29 is 28.6 Å². The Morgan fingerprint density at radius 1 is 0.292 bits per heavy atom. The molecule has 0 aliphatic rings. The molecule has 0 radical (unpaired) electrons. The third kappa shape index (κ3) is 57.0. The highest BCUT2D eigenvalue weighted by Crippen LogP contribution is 2.15. The van der Waals surface area contributed by atoms with Crippen LogP contribution >= 0.6 is 0 Å². The minimum absolute atomic E-state index is 0.0911. The Balaban J connectivity index is 4.32. The highest BCUT2D eigenvalue weighted by atomic mass is 16.6. The van der Waals surface area contributed by atoms with Crippen molar-refractivity contribution in [1.29, 1.82) is 0 Å². The lowest BCUT2D eigenvalue weighted by molar-refractivity contribution is -0.167. The van der Waals surface area contributed by atoms with Crippen molar-refractivity contribution in [2.45, 2.75) is 277 Å². The summed E-state index contributed by atoms with van der Waals surface area (Å²) < 4.78 is 16.8. The Hall–Kier alpha value is -3.93. The smallest absolute Gasteiger partial charge is 0.306 e. The maximum Gasteiger partial charge on any atom is 0.306 e. The summed E-state index contributed by atoms with van der Waals surface area (Å²) in [6.45, 7) is 6.39. The van der Waals surface area contributed by atoms with Gasteiger partial charge in [0.2, 0.25) is 0 Å². The maximum atomic E-state index is 12.8. The Labute approximate surface area is 444 Å². The van der Waals surface area contributed by atoms with Gasteiger partial charge in [-0.15, -0.1) is 0 Å². The van der Waals surface area contributed by atoms with Gasteiger partial charge >= 0.3 is 17.9 Å². The predicted molar refractivity (Wildman–Crippen MR) is 311 cm³/mol. The molecule has 0 N–H and O–H groups in total. The van der Waals surface area contributed by atoms with Gasteiger partial charge in [0.1, 0.15) is 13.2 Å². The molecule has 0 saturated heterocycles. The van der Waals surface area contributed by atoms with Crippen LogP contribution in [0.3, 0.4) is 0 Å². The summed E-state index contributed by atoms with van der Waals surface area (Å²) in [7, 11) is 0. The Kier molecular flexibility index (Phi) is 56.4. The van der Waals surface area contributed by atoms with Crippen LogP contribution in [0.15, 0.2) is 109 Å². The first-order chi connectivity index (χ1) is 35.5. The Morgan fingerprint density at radius 2 is 0.542 bits per heavy atom. The fraction of sp³-hybridized carbons (Fsp3) is 0.682. The molecule has 0 rings (SSSR count). The molecule has 0 aliphatic heterocycles. The topological polar surface area (TPSA) is 78.9 Å². The lowest BCUT2D eigenvalue weighted by Gasteiger charge is -2.18. The number of carbonyl (C=O) groups excluding carboxylic acids is 3. The highest BCUT2D eigenvalue weighted by molar-refractivity contribution is 5.71. The largest absolute Gasteiger partial charge is 0.462 e. The van der Waals surface area contributed by atoms with Crippen LogP contribution in [0.1, 0.15) is 271 Å². The zero-order chi connectivity index (χ0) is 52.2. The Morgan fingerprint density at radius 3 is 0.861 bits per heavy atom. The van der Waals surface area contributed by atoms with Gasteiger partial charge in [-0.05, 0) is 103 Å². The number of hydrogen-bond acceptors (Lipinski definition) is 6. The van der Waals surface area contributed by atoms with Gasteiger partial charge in [0, 0.05) is 19.3 Å². The summed E-state index contributed by atoms with van der Waals surface area (Å²) in [6.07, 6.45) is 80.9. The second-order valence-electron chi connectivity index (χ2n) is 19.5. The second-order valence-corrected chi connectivity index (χ2v) is 19.5. The van der Waals surface area contributed by atoms with Gasteiger partial charge < -0.3 is 14.2 Å². The summed E-state index contributed by atoms with van der Waals surface area (Å²) in [5, 5.41) is 0. The summed E-state index contributed by atoms with van der Waals surface area (Å²) in [6, 6.07) is 0. The van der Waals surface area contributed by atoms with Gasteiger partial charge in [0.15, 0.2) is 6.10 Å². The fourth-order valence-corrected chi connectivity index (χ4v) is 8.11. The molecule has 72 heavy (non-hydrogen) atoms. The van der Waals surface area contributed by atoms with Crippen molar-refractivity contribution in [1.82, 2.24) is 0 Å². The van der Waals surface area contributed by atoms with E-state index < -0.39 is 6.10 Å². The Bertz CT molecular complexity index is 1470. The zero-order valence-electron chi connectivity index (χ0n) is 46.9. The predicted octanol–water partition coefficient (Wildman–Crippen LogP) is 20.3. The SMILES string of the molecule is CC/C=C\C/C=C\C/C=C\C/C=C\C/C=C\C/C=C\CCCCCCCCCCC(=O)OCC(COC(=O)CCCCC/C=C\C/C=C\C/C=C\CC)OC(=O)CCCCCCCCCCCCCCCC. The molecule has 6 heteroatoms. The van der Waals surface area contributed by atoms with Crippen LogP contribution in [0.4, 0.5) is 0 Å². The number of unbranched alkanes of at least 4 members (excludes halogenated alkanes) is 24. The van der Waals surface area contributed by atoms with E-state index in [-0.39, 0.29) is 31.1 Å². The molecule has 0 aromatic heterocycles. The van der Waals surface area contributed by atoms with Crippen molar-refractivity contribution >= 4 is 17.9 Å². The molecule has 0 fully saturated rings. The average Bonchev–Trinajstić information content (AvgIpc) is 3.38. The molecule has 0 amide bonds. The first kappa shape index (κ1) is 68.1. The molecule has 0 aromatic carbocycles. The van der Waals surface area contributed by atoms with E-state index in [9.17, 15) is 14.4 Å². The van der Waals surface area contributed by atoms with E-state index in [1.54, 1.807) is 0 Å². The third-order valence-electron chi connectivity index (χ3n) is 12.5. The van der Waals surface area contributed by atoms with E-state index in [0.29, 0.717) is 19.3 Å². The molecule has 0 bridgehead atoms. The number of allylic oxidation sites excluding steroid dienone is 18. The van der Waals surface area contributed by atoms with Gasteiger partial charge in [0.05, 0.1) is 0 Å². The number of esters is 3. The molecule has 0 spiro atoms. The van der Waals surface area contributed by atoms with Gasteiger partial charge in [-0.1, -0.05) is 259 Å².